The summed E-state index contributed by atoms with van der Waals surface area (Å²) in [6, 6.07) is 18.4. The number of hydrogen-bond acceptors (Lipinski definition) is 0. The van der Waals surface area contributed by atoms with E-state index in [0.717, 1.165) is 7.25 Å². The van der Waals surface area contributed by atoms with Crippen molar-refractivity contribution >= 4 is 24.0 Å². The molecule has 0 fully saturated rings. The van der Waals surface area contributed by atoms with E-state index in [9.17, 15) is 0 Å². The molecule has 0 amide bonds. The van der Waals surface area contributed by atoms with E-state index in [-0.39, 0.29) is 0 Å². The maximum atomic E-state index is 2.69. The summed E-state index contributed by atoms with van der Waals surface area (Å²) in [5.74, 6) is -1.47. The van der Waals surface area contributed by atoms with Crippen LogP contribution >= 0.6 is 0 Å². The molecule has 2 aromatic rings. The zero-order valence-corrected chi connectivity index (χ0v) is 20.5. The summed E-state index contributed by atoms with van der Waals surface area (Å²) in [5, 5.41) is 0. The van der Waals surface area contributed by atoms with Crippen molar-refractivity contribution in [2.45, 2.75) is 33.4 Å². The molecule has 0 aromatic heterocycles. The summed E-state index contributed by atoms with van der Waals surface area (Å²) in [7, 11) is 0. The second-order valence-corrected chi connectivity index (χ2v) is 53.6. The normalized spacial score (nSPS) is 21.2. The first-order chi connectivity index (χ1) is 12.1. The fraction of sp³-hybridized carbons (Fsp3) is 0.273. The van der Waals surface area contributed by atoms with Crippen molar-refractivity contribution in [3.8, 4) is 0 Å². The summed E-state index contributed by atoms with van der Waals surface area (Å²) in [6.45, 7) is 10.7. The number of hydrogen-bond donors (Lipinski definition) is 0. The van der Waals surface area contributed by atoms with Crippen LogP contribution in [0.4, 0.5) is 0 Å². The molecule has 0 bridgehead atoms. The van der Waals surface area contributed by atoms with Crippen molar-refractivity contribution in [2.24, 2.45) is 0 Å². The van der Waals surface area contributed by atoms with Gasteiger partial charge in [-0.3, -0.25) is 0 Å². The third-order valence-electron chi connectivity index (χ3n) is 6.68. The average Bonchev–Trinajstić information content (AvgIpc) is 3.21. The SMILES string of the molecule is C[SiH](C)[Zr]([CH]1C=Cc2ccccc21)([CH]1C=Cc2ccccc21)[SiH](C)C. The quantitative estimate of drug-likeness (QED) is 0.540. The van der Waals surface area contributed by atoms with Crippen molar-refractivity contribution in [1.29, 1.82) is 0 Å². The van der Waals surface area contributed by atoms with Crippen LogP contribution in [0, 0.1) is 0 Å². The van der Waals surface area contributed by atoms with E-state index >= 15 is 0 Å². The fourth-order valence-corrected chi connectivity index (χ4v) is 78.4. The molecule has 25 heavy (non-hydrogen) atoms. The first-order valence-corrected chi connectivity index (χ1v) is 26.7. The second-order valence-electron chi connectivity index (χ2n) is 8.24. The topological polar surface area (TPSA) is 0 Å². The molecule has 0 N–H and O–H groups in total. The molecule has 0 radical (unpaired) electrons. The second kappa shape index (κ2) is 6.76. The molecule has 0 saturated heterocycles. The predicted octanol–water partition coefficient (Wildman–Crippen LogP) is 5.64. The van der Waals surface area contributed by atoms with Gasteiger partial charge in [-0.25, -0.2) is 0 Å². The maximum absolute atomic E-state index is 2.69. The van der Waals surface area contributed by atoms with Gasteiger partial charge in [0, 0.05) is 0 Å². The first kappa shape index (κ1) is 17.6. The molecule has 2 aromatic carbocycles. The van der Waals surface area contributed by atoms with E-state index in [1.807, 2.05) is 0 Å². The van der Waals surface area contributed by atoms with Gasteiger partial charge >= 0.3 is 159 Å². The Morgan fingerprint density at radius 1 is 0.640 bits per heavy atom. The summed E-state index contributed by atoms with van der Waals surface area (Å²) < 4.78 is 1.59. The first-order valence-electron chi connectivity index (χ1n) is 9.61. The van der Waals surface area contributed by atoms with Gasteiger partial charge in [0.25, 0.3) is 0 Å². The van der Waals surface area contributed by atoms with Crippen molar-refractivity contribution in [3.05, 3.63) is 82.9 Å². The third kappa shape index (κ3) is 2.62. The van der Waals surface area contributed by atoms with Crippen LogP contribution in [-0.2, 0) is 18.6 Å². The van der Waals surface area contributed by atoms with E-state index in [4.69, 9.17) is 0 Å². The third-order valence-corrected chi connectivity index (χ3v) is 80.1. The van der Waals surface area contributed by atoms with Gasteiger partial charge < -0.3 is 0 Å². The van der Waals surface area contributed by atoms with Gasteiger partial charge in [0.2, 0.25) is 0 Å². The zero-order valence-electron chi connectivity index (χ0n) is 15.7. The minimum atomic E-state index is -2.47. The molecule has 4 rings (SSSR count). The van der Waals surface area contributed by atoms with Crippen LogP contribution < -0.4 is 0 Å². The van der Waals surface area contributed by atoms with Gasteiger partial charge in [-0.1, -0.05) is 0 Å². The zero-order chi connectivity index (χ0) is 17.6. The molecular formula is C22H28Si2Zr. The van der Waals surface area contributed by atoms with Crippen LogP contribution in [-0.4, -0.2) is 11.8 Å². The molecule has 0 spiro atoms. The Morgan fingerprint density at radius 2 is 1.04 bits per heavy atom. The fourth-order valence-electron chi connectivity index (χ4n) is 5.67. The number of rotatable bonds is 4. The van der Waals surface area contributed by atoms with E-state index in [1.165, 1.54) is 11.1 Å². The van der Waals surface area contributed by atoms with Gasteiger partial charge in [-0.2, -0.15) is 0 Å². The number of benzene rings is 2. The van der Waals surface area contributed by atoms with Gasteiger partial charge in [0.15, 0.2) is 0 Å². The molecule has 3 heteroatoms. The molecule has 0 nitrogen and oxygen atoms in total. The standard InChI is InChI=1S/2C9H7.2C2H7Si.Zr/c2*1-2-5-9-7-3-6-8(9)4-1;2*1-3-2;/h2*1-7H;2*3H,1-2H3;. The Hall–Kier alpha value is -0.763. The predicted molar refractivity (Wildman–Crippen MR) is 114 cm³/mol. The summed E-state index contributed by atoms with van der Waals surface area (Å²) in [4.78, 5) is 0. The van der Waals surface area contributed by atoms with Gasteiger partial charge in [0.05, 0.1) is 0 Å². The monoisotopic (exact) mass is 438 g/mol. The summed E-state index contributed by atoms with van der Waals surface area (Å²) in [6.07, 6.45) is 10.1. The Labute approximate surface area is 158 Å². The molecule has 0 saturated carbocycles. The van der Waals surface area contributed by atoms with Crippen LogP contribution in [0.5, 0.6) is 0 Å². The Kier molecular flexibility index (Phi) is 4.77. The Bertz CT molecular complexity index is 779. The molecule has 2 atom stereocenters. The summed E-state index contributed by atoms with van der Waals surface area (Å²) in [5.41, 5.74) is 6.32. The Balaban J connectivity index is 1.92. The van der Waals surface area contributed by atoms with E-state index in [2.05, 4.69) is 99.0 Å². The van der Waals surface area contributed by atoms with Gasteiger partial charge in [-0.15, -0.1) is 0 Å². The minimum absolute atomic E-state index is 0.734. The van der Waals surface area contributed by atoms with Crippen molar-refractivity contribution in [1.82, 2.24) is 0 Å². The van der Waals surface area contributed by atoms with E-state index in [0.29, 0.717) is 0 Å². The molecule has 128 valence electrons. The number of fused-ring (bicyclic) bond motifs is 2. The van der Waals surface area contributed by atoms with Crippen LogP contribution in [0.2, 0.25) is 26.2 Å². The molecule has 0 heterocycles. The van der Waals surface area contributed by atoms with E-state index < -0.39 is 30.4 Å². The van der Waals surface area contributed by atoms with Crippen LogP contribution in [0.25, 0.3) is 12.2 Å². The van der Waals surface area contributed by atoms with Crippen LogP contribution in [0.1, 0.15) is 29.5 Å². The van der Waals surface area contributed by atoms with Gasteiger partial charge in [-0.05, 0) is 0 Å². The van der Waals surface area contributed by atoms with Gasteiger partial charge in [0.1, 0.15) is 0 Å². The van der Waals surface area contributed by atoms with E-state index in [1.54, 1.807) is 11.1 Å². The molecular weight excluding hydrogens is 412 g/mol. The summed E-state index contributed by atoms with van der Waals surface area (Å²) >= 11 is -2.47. The van der Waals surface area contributed by atoms with Crippen LogP contribution in [0.3, 0.4) is 0 Å². The average molecular weight is 440 g/mol. The molecule has 2 aliphatic rings. The van der Waals surface area contributed by atoms with Crippen LogP contribution in [0.15, 0.2) is 60.7 Å². The van der Waals surface area contributed by atoms with Crippen molar-refractivity contribution in [2.75, 3.05) is 0 Å². The Morgan fingerprint density at radius 3 is 1.44 bits per heavy atom. The van der Waals surface area contributed by atoms with Crippen molar-refractivity contribution in [3.63, 3.8) is 0 Å². The van der Waals surface area contributed by atoms with Crippen molar-refractivity contribution < 1.29 is 18.6 Å². The molecule has 2 unspecified atom stereocenters. The molecule has 2 aliphatic carbocycles. The number of allylic oxidation sites excluding steroid dienone is 2. The molecule has 0 aliphatic heterocycles.